The average Bonchev–Trinajstić information content (AvgIpc) is 2.65. The summed E-state index contributed by atoms with van der Waals surface area (Å²) in [4.78, 5) is 7.22. The van der Waals surface area contributed by atoms with E-state index >= 15 is 0 Å². The van der Waals surface area contributed by atoms with Crippen LogP contribution in [0.25, 0.3) is 0 Å². The number of methoxy groups -OCH3 is 1. The van der Waals surface area contributed by atoms with E-state index < -0.39 is 0 Å². The Labute approximate surface area is 158 Å². The van der Waals surface area contributed by atoms with Crippen molar-refractivity contribution in [2.45, 2.75) is 39.5 Å². The molecule has 0 radical (unpaired) electrons. The van der Waals surface area contributed by atoms with Crippen molar-refractivity contribution in [3.8, 4) is 0 Å². The zero-order valence-electron chi connectivity index (χ0n) is 16.7. The van der Waals surface area contributed by atoms with Gasteiger partial charge in [0.25, 0.3) is 0 Å². The molecule has 1 aromatic carbocycles. The van der Waals surface area contributed by atoms with Crippen LogP contribution in [0, 0.1) is 0 Å². The quantitative estimate of drug-likeness (QED) is 0.547. The van der Waals surface area contributed by atoms with Crippen molar-refractivity contribution in [1.82, 2.24) is 15.5 Å². The Balaban J connectivity index is 1.94. The molecule has 0 unspecified atom stereocenters. The molecule has 1 aliphatic rings. The fourth-order valence-electron chi connectivity index (χ4n) is 3.08. The summed E-state index contributed by atoms with van der Waals surface area (Å²) in [7, 11) is 1.72. The molecule has 1 aliphatic heterocycles. The standard InChI is InChI=1S/C20H34N4O2/c1-5-21-19(22-14-17-7-6-8-18(13-17)15-25-4)23-16-20(2,3)24-9-11-26-12-10-24/h6-8,13H,5,9-12,14-16H2,1-4H3,(H2,21,22,23). The molecule has 26 heavy (non-hydrogen) atoms. The summed E-state index contributed by atoms with van der Waals surface area (Å²) >= 11 is 0. The monoisotopic (exact) mass is 362 g/mol. The number of benzene rings is 1. The van der Waals surface area contributed by atoms with Crippen LogP contribution in [0.15, 0.2) is 29.3 Å². The molecule has 0 aliphatic carbocycles. The second-order valence-corrected chi connectivity index (χ2v) is 7.21. The smallest absolute Gasteiger partial charge is 0.191 e. The minimum Gasteiger partial charge on any atom is -0.380 e. The van der Waals surface area contributed by atoms with Gasteiger partial charge in [-0.15, -0.1) is 0 Å². The predicted molar refractivity (Wildman–Crippen MR) is 106 cm³/mol. The molecule has 1 saturated heterocycles. The lowest BCUT2D eigenvalue weighted by Crippen LogP contribution is -2.56. The Hall–Kier alpha value is -1.63. The largest absolute Gasteiger partial charge is 0.380 e. The molecular weight excluding hydrogens is 328 g/mol. The van der Waals surface area contributed by atoms with E-state index in [1.54, 1.807) is 7.11 Å². The minimum absolute atomic E-state index is 0.0539. The molecule has 6 nitrogen and oxygen atoms in total. The van der Waals surface area contributed by atoms with E-state index in [9.17, 15) is 0 Å². The highest BCUT2D eigenvalue weighted by atomic mass is 16.5. The number of morpholine rings is 1. The molecule has 1 fully saturated rings. The summed E-state index contributed by atoms with van der Waals surface area (Å²) in [6, 6.07) is 8.38. The Morgan fingerprint density at radius 1 is 1.23 bits per heavy atom. The van der Waals surface area contributed by atoms with Crippen molar-refractivity contribution in [1.29, 1.82) is 0 Å². The Morgan fingerprint density at radius 2 is 1.96 bits per heavy atom. The van der Waals surface area contributed by atoms with Crippen molar-refractivity contribution in [2.75, 3.05) is 46.5 Å². The average molecular weight is 363 g/mol. The second-order valence-electron chi connectivity index (χ2n) is 7.21. The van der Waals surface area contributed by atoms with E-state index in [2.05, 4.69) is 60.6 Å². The van der Waals surface area contributed by atoms with Crippen LogP contribution in [0.3, 0.4) is 0 Å². The Kier molecular flexibility index (Phi) is 8.35. The summed E-state index contributed by atoms with van der Waals surface area (Å²) in [5.74, 6) is 0.853. The van der Waals surface area contributed by atoms with Crippen LogP contribution < -0.4 is 10.6 Å². The number of hydrogen-bond donors (Lipinski definition) is 2. The highest BCUT2D eigenvalue weighted by Gasteiger charge is 2.28. The number of guanidine groups is 1. The fraction of sp³-hybridized carbons (Fsp3) is 0.650. The van der Waals surface area contributed by atoms with Crippen molar-refractivity contribution in [3.05, 3.63) is 35.4 Å². The SMILES string of the molecule is CCNC(=NCc1cccc(COC)c1)NCC(C)(C)N1CCOCC1. The molecule has 0 bridgehead atoms. The van der Waals surface area contributed by atoms with E-state index in [1.165, 1.54) is 11.1 Å². The van der Waals surface area contributed by atoms with Crippen LogP contribution in [0.1, 0.15) is 31.9 Å². The summed E-state index contributed by atoms with van der Waals surface area (Å²) < 4.78 is 10.7. The normalized spacial score (nSPS) is 16.5. The molecule has 1 aromatic rings. The Bertz CT molecular complexity index is 569. The third kappa shape index (κ3) is 6.59. The van der Waals surface area contributed by atoms with E-state index in [1.807, 2.05) is 0 Å². The number of rotatable bonds is 8. The number of ether oxygens (including phenoxy) is 2. The van der Waals surface area contributed by atoms with Gasteiger partial charge in [-0.3, -0.25) is 4.90 Å². The predicted octanol–water partition coefficient (Wildman–Crippen LogP) is 2.00. The molecule has 2 rings (SSSR count). The summed E-state index contributed by atoms with van der Waals surface area (Å²) in [6.07, 6.45) is 0. The number of nitrogens with zero attached hydrogens (tertiary/aromatic N) is 2. The molecular formula is C20H34N4O2. The van der Waals surface area contributed by atoms with Gasteiger partial charge in [-0.1, -0.05) is 24.3 Å². The maximum atomic E-state index is 5.47. The third-order valence-corrected chi connectivity index (χ3v) is 4.62. The number of hydrogen-bond acceptors (Lipinski definition) is 4. The van der Waals surface area contributed by atoms with Crippen LogP contribution in [0.4, 0.5) is 0 Å². The third-order valence-electron chi connectivity index (χ3n) is 4.62. The lowest BCUT2D eigenvalue weighted by atomic mass is 10.0. The van der Waals surface area contributed by atoms with Crippen molar-refractivity contribution in [2.24, 2.45) is 4.99 Å². The first-order chi connectivity index (χ1) is 12.5. The van der Waals surface area contributed by atoms with E-state index in [0.29, 0.717) is 13.2 Å². The molecule has 146 valence electrons. The second kappa shape index (κ2) is 10.5. The first-order valence-corrected chi connectivity index (χ1v) is 9.47. The van der Waals surface area contributed by atoms with Gasteiger partial charge in [0.05, 0.1) is 26.4 Å². The fourth-order valence-corrected chi connectivity index (χ4v) is 3.08. The molecule has 0 atom stereocenters. The number of nitrogens with one attached hydrogen (secondary N) is 2. The first-order valence-electron chi connectivity index (χ1n) is 9.47. The highest BCUT2D eigenvalue weighted by molar-refractivity contribution is 5.79. The van der Waals surface area contributed by atoms with Crippen molar-refractivity contribution in [3.63, 3.8) is 0 Å². The molecule has 0 spiro atoms. The first kappa shape index (κ1) is 20.7. The van der Waals surface area contributed by atoms with E-state index in [4.69, 9.17) is 14.5 Å². The Morgan fingerprint density at radius 3 is 2.65 bits per heavy atom. The zero-order valence-corrected chi connectivity index (χ0v) is 16.7. The molecule has 6 heteroatoms. The van der Waals surface area contributed by atoms with Gasteiger partial charge in [0, 0.05) is 38.8 Å². The zero-order chi connectivity index (χ0) is 18.8. The van der Waals surface area contributed by atoms with Crippen LogP contribution in [-0.2, 0) is 22.6 Å². The van der Waals surface area contributed by atoms with E-state index in [0.717, 1.165) is 45.4 Å². The van der Waals surface area contributed by atoms with Gasteiger partial charge in [-0.2, -0.15) is 0 Å². The molecule has 0 amide bonds. The maximum absolute atomic E-state index is 5.47. The molecule has 1 heterocycles. The molecule has 2 N–H and O–H groups in total. The lowest BCUT2D eigenvalue weighted by Gasteiger charge is -2.41. The van der Waals surface area contributed by atoms with Gasteiger partial charge in [-0.25, -0.2) is 4.99 Å². The highest BCUT2D eigenvalue weighted by Crippen LogP contribution is 2.15. The van der Waals surface area contributed by atoms with Gasteiger partial charge in [0.1, 0.15) is 0 Å². The van der Waals surface area contributed by atoms with Crippen LogP contribution in [0.5, 0.6) is 0 Å². The van der Waals surface area contributed by atoms with Crippen molar-refractivity contribution >= 4 is 5.96 Å². The topological polar surface area (TPSA) is 58.1 Å². The maximum Gasteiger partial charge on any atom is 0.191 e. The van der Waals surface area contributed by atoms with Gasteiger partial charge in [0.15, 0.2) is 5.96 Å². The van der Waals surface area contributed by atoms with E-state index in [-0.39, 0.29) is 5.54 Å². The minimum atomic E-state index is 0.0539. The molecule has 0 saturated carbocycles. The van der Waals surface area contributed by atoms with Crippen molar-refractivity contribution < 1.29 is 9.47 Å². The summed E-state index contributed by atoms with van der Waals surface area (Å²) in [6.45, 7) is 13.2. The van der Waals surface area contributed by atoms with Gasteiger partial charge < -0.3 is 20.1 Å². The summed E-state index contributed by atoms with van der Waals surface area (Å²) in [5.41, 5.74) is 2.41. The van der Waals surface area contributed by atoms with Gasteiger partial charge >= 0.3 is 0 Å². The van der Waals surface area contributed by atoms with Gasteiger partial charge in [-0.05, 0) is 31.9 Å². The van der Waals surface area contributed by atoms with Crippen LogP contribution in [-0.4, -0.2) is 62.9 Å². The molecule has 0 aromatic heterocycles. The summed E-state index contributed by atoms with van der Waals surface area (Å²) in [5, 5.41) is 6.84. The van der Waals surface area contributed by atoms with Crippen LogP contribution in [0.2, 0.25) is 0 Å². The van der Waals surface area contributed by atoms with Crippen LogP contribution >= 0.6 is 0 Å². The lowest BCUT2D eigenvalue weighted by molar-refractivity contribution is -0.00834. The van der Waals surface area contributed by atoms with Gasteiger partial charge in [0.2, 0.25) is 0 Å². The number of aliphatic imine (C=N–C) groups is 1.